The molecule has 0 radical (unpaired) electrons. The van der Waals surface area contributed by atoms with Gasteiger partial charge in [-0.05, 0) is 12.1 Å². The maximum absolute atomic E-state index is 13.2. The van der Waals surface area contributed by atoms with Crippen LogP contribution >= 0.6 is 0 Å². The number of benzene rings is 1. The molecule has 1 aromatic heterocycles. The number of fused-ring (bicyclic) bond motifs is 1. The van der Waals surface area contributed by atoms with Crippen LogP contribution in [0.4, 0.5) is 0 Å². The molecule has 1 atom stereocenters. The van der Waals surface area contributed by atoms with Gasteiger partial charge >= 0.3 is 0 Å². The van der Waals surface area contributed by atoms with Gasteiger partial charge in [-0.3, -0.25) is 14.6 Å². The van der Waals surface area contributed by atoms with Crippen molar-refractivity contribution in [1.29, 1.82) is 0 Å². The van der Waals surface area contributed by atoms with Gasteiger partial charge in [-0.2, -0.15) is 0 Å². The van der Waals surface area contributed by atoms with Gasteiger partial charge in [0.25, 0.3) is 5.91 Å². The third-order valence-corrected chi connectivity index (χ3v) is 4.57. The fourth-order valence-corrected chi connectivity index (χ4v) is 3.35. The second-order valence-corrected chi connectivity index (χ2v) is 6.42. The maximum atomic E-state index is 13.2. The van der Waals surface area contributed by atoms with Gasteiger partial charge in [0.05, 0.1) is 37.3 Å². The molecule has 0 saturated carbocycles. The number of carbonyl (C=O) groups excluding carboxylic acids is 2. The number of methoxy groups -OCH3 is 1. The summed E-state index contributed by atoms with van der Waals surface area (Å²) in [7, 11) is 3.14. The molecule has 1 fully saturated rings. The van der Waals surface area contributed by atoms with Crippen molar-refractivity contribution in [1.82, 2.24) is 15.2 Å². The second-order valence-electron chi connectivity index (χ2n) is 6.42. The van der Waals surface area contributed by atoms with Crippen molar-refractivity contribution >= 4 is 22.7 Å². The van der Waals surface area contributed by atoms with Crippen molar-refractivity contribution in [2.24, 2.45) is 0 Å². The molecule has 1 saturated heterocycles. The monoisotopic (exact) mass is 357 g/mol. The summed E-state index contributed by atoms with van der Waals surface area (Å²) in [4.78, 5) is 31.2. The molecule has 3 rings (SSSR count). The molecule has 1 aromatic carbocycles. The Bertz CT molecular complexity index is 801. The zero-order valence-electron chi connectivity index (χ0n) is 15.0. The van der Waals surface area contributed by atoms with E-state index in [9.17, 15) is 9.59 Å². The first-order chi connectivity index (χ1) is 12.6. The molecule has 1 aliphatic rings. The highest BCUT2D eigenvalue weighted by Gasteiger charge is 2.40. The molecule has 2 heterocycles. The van der Waals surface area contributed by atoms with Gasteiger partial charge in [-0.1, -0.05) is 18.2 Å². The summed E-state index contributed by atoms with van der Waals surface area (Å²) in [6.07, 6.45) is 1.81. The smallest absolute Gasteiger partial charge is 0.256 e. The summed E-state index contributed by atoms with van der Waals surface area (Å²) < 4.78 is 11.2. The van der Waals surface area contributed by atoms with E-state index >= 15 is 0 Å². The number of nitrogens with zero attached hydrogens (tertiary/aromatic N) is 2. The predicted molar refractivity (Wildman–Crippen MR) is 96.9 cm³/mol. The lowest BCUT2D eigenvalue weighted by molar-refractivity contribution is -0.150. The molecule has 1 N–H and O–H groups in total. The number of hydrogen-bond acceptors (Lipinski definition) is 5. The van der Waals surface area contributed by atoms with Gasteiger partial charge in [0.15, 0.2) is 0 Å². The van der Waals surface area contributed by atoms with Crippen molar-refractivity contribution in [3.8, 4) is 0 Å². The molecule has 0 unspecified atom stereocenters. The Kier molecular flexibility index (Phi) is 5.49. The Morgan fingerprint density at radius 1 is 1.35 bits per heavy atom. The topological polar surface area (TPSA) is 80.8 Å². The first kappa shape index (κ1) is 18.3. The number of para-hydroxylation sites is 1. The number of carbonyl (C=O) groups is 2. The Morgan fingerprint density at radius 3 is 2.92 bits per heavy atom. The highest BCUT2D eigenvalue weighted by atomic mass is 16.5. The van der Waals surface area contributed by atoms with Gasteiger partial charge < -0.3 is 19.7 Å². The van der Waals surface area contributed by atoms with E-state index in [0.29, 0.717) is 24.2 Å². The summed E-state index contributed by atoms with van der Waals surface area (Å²) in [5, 5.41) is 3.52. The zero-order chi connectivity index (χ0) is 18.6. The van der Waals surface area contributed by atoms with Gasteiger partial charge in [0, 0.05) is 32.3 Å². The minimum absolute atomic E-state index is 0.116. The van der Waals surface area contributed by atoms with Crippen LogP contribution in [-0.4, -0.2) is 67.8 Å². The maximum Gasteiger partial charge on any atom is 0.256 e. The van der Waals surface area contributed by atoms with Gasteiger partial charge in [-0.25, -0.2) is 0 Å². The van der Waals surface area contributed by atoms with Gasteiger partial charge in [0.2, 0.25) is 5.91 Å². The van der Waals surface area contributed by atoms with E-state index in [-0.39, 0.29) is 31.4 Å². The molecule has 0 bridgehead atoms. The summed E-state index contributed by atoms with van der Waals surface area (Å²) in [6.45, 7) is 1.33. The number of pyridine rings is 1. The quantitative estimate of drug-likeness (QED) is 0.870. The molecule has 7 nitrogen and oxygen atoms in total. The highest BCUT2D eigenvalue weighted by molar-refractivity contribution is 6.05. The molecule has 2 aromatic rings. The van der Waals surface area contributed by atoms with Crippen molar-refractivity contribution < 1.29 is 19.1 Å². The minimum Gasteiger partial charge on any atom is -0.382 e. The van der Waals surface area contributed by atoms with Crippen LogP contribution in [0.5, 0.6) is 0 Å². The fraction of sp³-hybridized carbons (Fsp3) is 0.421. The van der Waals surface area contributed by atoms with Crippen LogP contribution in [-0.2, 0) is 14.3 Å². The zero-order valence-corrected chi connectivity index (χ0v) is 15.0. The van der Waals surface area contributed by atoms with Gasteiger partial charge in [-0.15, -0.1) is 0 Å². The Hall–Kier alpha value is -2.51. The fourth-order valence-electron chi connectivity index (χ4n) is 3.35. The van der Waals surface area contributed by atoms with Crippen molar-refractivity contribution in [3.05, 3.63) is 42.1 Å². The van der Waals surface area contributed by atoms with Crippen LogP contribution in [0.3, 0.4) is 0 Å². The van der Waals surface area contributed by atoms with E-state index in [4.69, 9.17) is 9.47 Å². The van der Waals surface area contributed by atoms with Crippen LogP contribution in [0.1, 0.15) is 16.8 Å². The third kappa shape index (κ3) is 3.68. The predicted octanol–water partition coefficient (Wildman–Crippen LogP) is 1.23. The number of ether oxygens (including phenoxy) is 2. The number of amides is 2. The van der Waals surface area contributed by atoms with E-state index < -0.39 is 5.60 Å². The highest BCUT2D eigenvalue weighted by Crippen LogP contribution is 2.25. The molecule has 1 aliphatic heterocycles. The molecular formula is C19H23N3O4. The van der Waals surface area contributed by atoms with Crippen LogP contribution in [0.2, 0.25) is 0 Å². The van der Waals surface area contributed by atoms with Crippen LogP contribution in [0.25, 0.3) is 10.9 Å². The lowest BCUT2D eigenvalue weighted by Gasteiger charge is -2.42. The lowest BCUT2D eigenvalue weighted by Crippen LogP contribution is -2.57. The number of rotatable bonds is 5. The number of hydrogen-bond donors (Lipinski definition) is 1. The molecular weight excluding hydrogens is 334 g/mol. The molecule has 0 aliphatic carbocycles. The first-order valence-electron chi connectivity index (χ1n) is 8.55. The SMILES string of the molecule is CNC(=O)C[C@]1(COC)CN(C(=O)c2cccc3cccnc23)CCO1. The Balaban J connectivity index is 1.88. The second kappa shape index (κ2) is 7.80. The summed E-state index contributed by atoms with van der Waals surface area (Å²) >= 11 is 0. The van der Waals surface area contributed by atoms with E-state index in [1.54, 1.807) is 31.3 Å². The summed E-state index contributed by atoms with van der Waals surface area (Å²) in [5.74, 6) is -0.266. The van der Waals surface area contributed by atoms with E-state index in [1.165, 1.54) is 0 Å². The molecule has 138 valence electrons. The van der Waals surface area contributed by atoms with Crippen LogP contribution in [0.15, 0.2) is 36.5 Å². The van der Waals surface area contributed by atoms with Crippen molar-refractivity contribution in [3.63, 3.8) is 0 Å². The number of aromatic nitrogens is 1. The average molecular weight is 357 g/mol. The first-order valence-corrected chi connectivity index (χ1v) is 8.55. The summed E-state index contributed by atoms with van der Waals surface area (Å²) in [6, 6.07) is 9.34. The average Bonchev–Trinajstić information content (AvgIpc) is 2.67. The standard InChI is InChI=1S/C19H23N3O4/c1-20-16(23)11-19(13-25-2)12-22(9-10-26-19)18(24)15-7-3-5-14-6-4-8-21-17(14)15/h3-8H,9-13H2,1-2H3,(H,20,23)/t19-/m1/s1. The molecule has 0 spiro atoms. The Morgan fingerprint density at radius 2 is 2.15 bits per heavy atom. The largest absolute Gasteiger partial charge is 0.382 e. The molecule has 7 heteroatoms. The van der Waals surface area contributed by atoms with E-state index in [2.05, 4.69) is 10.3 Å². The molecule has 26 heavy (non-hydrogen) atoms. The minimum atomic E-state index is -0.846. The Labute approximate surface area is 152 Å². The summed E-state index contributed by atoms with van der Waals surface area (Å²) in [5.41, 5.74) is 0.382. The lowest BCUT2D eigenvalue weighted by atomic mass is 9.96. The third-order valence-electron chi connectivity index (χ3n) is 4.57. The number of morpholine rings is 1. The molecule has 2 amide bonds. The normalized spacial score (nSPS) is 20.2. The van der Waals surface area contributed by atoms with E-state index in [0.717, 1.165) is 5.39 Å². The van der Waals surface area contributed by atoms with E-state index in [1.807, 2.05) is 24.3 Å². The van der Waals surface area contributed by atoms with Crippen molar-refractivity contribution in [2.45, 2.75) is 12.0 Å². The number of nitrogens with one attached hydrogen (secondary N) is 1. The van der Waals surface area contributed by atoms with Crippen LogP contribution in [0, 0.1) is 0 Å². The van der Waals surface area contributed by atoms with Crippen LogP contribution < -0.4 is 5.32 Å². The van der Waals surface area contributed by atoms with Crippen molar-refractivity contribution in [2.75, 3.05) is 40.5 Å². The van der Waals surface area contributed by atoms with Gasteiger partial charge in [0.1, 0.15) is 5.60 Å².